The van der Waals surface area contributed by atoms with Crippen LogP contribution in [0.2, 0.25) is 0 Å². The monoisotopic (exact) mass is 418 g/mol. The predicted molar refractivity (Wildman–Crippen MR) is 123 cm³/mol. The molecular weight excluding hydrogens is 388 g/mol. The van der Waals surface area contributed by atoms with E-state index in [0.717, 1.165) is 12.8 Å². The highest BCUT2D eigenvalue weighted by atomic mass is 16.3. The third-order valence-electron chi connectivity index (χ3n) is 5.62. The largest absolute Gasteiger partial charge is 0.507 e. The molecule has 0 saturated heterocycles. The van der Waals surface area contributed by atoms with Gasteiger partial charge in [-0.15, -0.1) is 0 Å². The number of aromatic hydroxyl groups is 1. The van der Waals surface area contributed by atoms with Gasteiger partial charge in [0.05, 0.1) is 11.7 Å². The van der Waals surface area contributed by atoms with Crippen molar-refractivity contribution in [2.75, 3.05) is 6.54 Å². The molecule has 31 heavy (non-hydrogen) atoms. The van der Waals surface area contributed by atoms with Crippen molar-refractivity contribution in [1.29, 1.82) is 0 Å². The Hall–Kier alpha value is -3.15. The number of aryl methyl sites for hydroxylation is 1. The molecule has 3 rings (SSSR count). The Kier molecular flexibility index (Phi) is 7.82. The molecule has 162 valence electrons. The molecule has 0 aliphatic carbocycles. The number of aliphatic hydroxyl groups excluding tert-OH is 1. The van der Waals surface area contributed by atoms with E-state index in [1.807, 2.05) is 36.4 Å². The summed E-state index contributed by atoms with van der Waals surface area (Å²) >= 11 is 0. The second-order valence-corrected chi connectivity index (χ2v) is 7.94. The summed E-state index contributed by atoms with van der Waals surface area (Å²) in [5, 5.41) is 20.8. The van der Waals surface area contributed by atoms with Crippen LogP contribution in [-0.4, -0.2) is 33.6 Å². The van der Waals surface area contributed by atoms with Gasteiger partial charge < -0.3 is 15.9 Å². The number of phenols is 1. The fourth-order valence-electron chi connectivity index (χ4n) is 3.71. The van der Waals surface area contributed by atoms with Gasteiger partial charge in [-0.1, -0.05) is 66.7 Å². The van der Waals surface area contributed by atoms with Crippen LogP contribution < -0.4 is 5.73 Å². The molecule has 0 heterocycles. The number of benzene rings is 3. The third kappa shape index (κ3) is 6.41. The third-order valence-corrected chi connectivity index (χ3v) is 5.62. The Morgan fingerprint density at radius 2 is 1.58 bits per heavy atom. The summed E-state index contributed by atoms with van der Waals surface area (Å²) in [5.74, 6) is -0.898. The first-order chi connectivity index (χ1) is 14.9. The number of hydrogen-bond acceptors (Lipinski definition) is 4. The predicted octanol–water partition coefficient (Wildman–Crippen LogP) is 4.05. The highest BCUT2D eigenvalue weighted by molar-refractivity contribution is 5.95. The number of nitrogens with two attached hydrogens (primary N) is 1. The molecule has 5 heteroatoms. The smallest absolute Gasteiger partial charge is 0.252 e. The summed E-state index contributed by atoms with van der Waals surface area (Å²) in [7, 11) is 0. The van der Waals surface area contributed by atoms with Crippen LogP contribution in [0.5, 0.6) is 5.75 Å². The molecule has 4 N–H and O–H groups in total. The Labute approximate surface area is 183 Å². The van der Waals surface area contributed by atoms with E-state index in [-0.39, 0.29) is 17.4 Å². The van der Waals surface area contributed by atoms with Gasteiger partial charge in [-0.3, -0.25) is 9.69 Å². The highest BCUT2D eigenvalue weighted by Crippen LogP contribution is 2.24. The van der Waals surface area contributed by atoms with E-state index in [2.05, 4.69) is 36.1 Å². The van der Waals surface area contributed by atoms with Crippen LogP contribution in [0, 0.1) is 0 Å². The summed E-state index contributed by atoms with van der Waals surface area (Å²) < 4.78 is 0. The number of carbonyl (C=O) groups excluding carboxylic acids is 1. The van der Waals surface area contributed by atoms with Gasteiger partial charge in [-0.05, 0) is 48.6 Å². The van der Waals surface area contributed by atoms with Gasteiger partial charge >= 0.3 is 0 Å². The van der Waals surface area contributed by atoms with Crippen LogP contribution in [0.15, 0.2) is 78.9 Å². The first-order valence-electron chi connectivity index (χ1n) is 10.6. The molecule has 0 radical (unpaired) electrons. The van der Waals surface area contributed by atoms with E-state index >= 15 is 0 Å². The van der Waals surface area contributed by atoms with Crippen molar-refractivity contribution in [2.24, 2.45) is 5.73 Å². The highest BCUT2D eigenvalue weighted by Gasteiger charge is 2.21. The van der Waals surface area contributed by atoms with Crippen LogP contribution in [0.1, 0.15) is 46.5 Å². The fraction of sp³-hybridized carbons (Fsp3) is 0.269. The van der Waals surface area contributed by atoms with Crippen LogP contribution in [0.25, 0.3) is 0 Å². The number of primary amides is 1. The Morgan fingerprint density at radius 1 is 0.968 bits per heavy atom. The zero-order valence-electron chi connectivity index (χ0n) is 17.8. The Balaban J connectivity index is 1.75. The van der Waals surface area contributed by atoms with Gasteiger partial charge in [0.2, 0.25) is 0 Å². The van der Waals surface area contributed by atoms with Crippen molar-refractivity contribution in [3.8, 4) is 5.75 Å². The summed E-state index contributed by atoms with van der Waals surface area (Å²) in [6, 6.07) is 25.3. The van der Waals surface area contributed by atoms with Gasteiger partial charge in [0.1, 0.15) is 5.75 Å². The Morgan fingerprint density at radius 3 is 2.19 bits per heavy atom. The van der Waals surface area contributed by atoms with Crippen LogP contribution in [-0.2, 0) is 13.0 Å². The molecule has 5 nitrogen and oxygen atoms in total. The Bertz CT molecular complexity index is 976. The van der Waals surface area contributed by atoms with E-state index in [1.54, 1.807) is 6.07 Å². The number of rotatable bonds is 10. The molecule has 0 bridgehead atoms. The molecule has 0 spiro atoms. The lowest BCUT2D eigenvalue weighted by Crippen LogP contribution is -2.36. The fourth-order valence-corrected chi connectivity index (χ4v) is 3.71. The molecule has 2 atom stereocenters. The zero-order chi connectivity index (χ0) is 22.2. The van der Waals surface area contributed by atoms with Gasteiger partial charge in [0.25, 0.3) is 5.91 Å². The number of amides is 1. The molecule has 0 fully saturated rings. The second-order valence-electron chi connectivity index (χ2n) is 7.94. The topological polar surface area (TPSA) is 86.8 Å². The van der Waals surface area contributed by atoms with E-state index in [9.17, 15) is 15.0 Å². The summed E-state index contributed by atoms with van der Waals surface area (Å²) in [4.78, 5) is 13.8. The van der Waals surface area contributed by atoms with Crippen molar-refractivity contribution in [1.82, 2.24) is 4.90 Å². The minimum absolute atomic E-state index is 0.0169. The molecule has 1 amide bonds. The number of aliphatic hydroxyl groups is 1. The average Bonchev–Trinajstić information content (AvgIpc) is 2.78. The summed E-state index contributed by atoms with van der Waals surface area (Å²) in [6.07, 6.45) is 1.08. The van der Waals surface area contributed by atoms with Gasteiger partial charge in [-0.25, -0.2) is 0 Å². The minimum Gasteiger partial charge on any atom is -0.507 e. The molecule has 0 unspecified atom stereocenters. The summed E-state index contributed by atoms with van der Waals surface area (Å²) in [5.41, 5.74) is 8.37. The van der Waals surface area contributed by atoms with Crippen molar-refractivity contribution in [2.45, 2.75) is 38.5 Å². The average molecular weight is 419 g/mol. The maximum absolute atomic E-state index is 11.6. The molecule has 3 aromatic rings. The summed E-state index contributed by atoms with van der Waals surface area (Å²) in [6.45, 7) is 3.27. The van der Waals surface area contributed by atoms with Crippen molar-refractivity contribution < 1.29 is 15.0 Å². The zero-order valence-corrected chi connectivity index (χ0v) is 17.8. The van der Waals surface area contributed by atoms with Gasteiger partial charge in [-0.2, -0.15) is 0 Å². The number of nitrogens with zero attached hydrogens (tertiary/aromatic N) is 1. The van der Waals surface area contributed by atoms with E-state index < -0.39 is 12.0 Å². The van der Waals surface area contributed by atoms with Crippen LogP contribution in [0.4, 0.5) is 0 Å². The van der Waals surface area contributed by atoms with E-state index in [1.165, 1.54) is 23.3 Å². The lowest BCUT2D eigenvalue weighted by molar-refractivity contribution is 0.0832. The van der Waals surface area contributed by atoms with Gasteiger partial charge in [0, 0.05) is 19.1 Å². The van der Waals surface area contributed by atoms with E-state index in [0.29, 0.717) is 18.7 Å². The van der Waals surface area contributed by atoms with Crippen LogP contribution in [0.3, 0.4) is 0 Å². The maximum atomic E-state index is 11.6. The molecule has 0 saturated carbocycles. The first kappa shape index (κ1) is 22.5. The standard InChI is InChI=1S/C26H30N2O3/c1-19(12-13-20-8-4-2-5-9-20)28(17-21-10-6-3-7-11-21)18-25(30)22-14-15-24(29)23(16-22)26(27)31/h2-11,14-16,19,25,29-30H,12-13,17-18H2,1H3,(H2,27,31)/t19-,25+/m1/s1. The van der Waals surface area contributed by atoms with E-state index in [4.69, 9.17) is 5.73 Å². The SMILES string of the molecule is C[C@H](CCc1ccccc1)N(Cc1ccccc1)C[C@H](O)c1ccc(O)c(C(N)=O)c1. The minimum atomic E-state index is -0.818. The quantitative estimate of drug-likeness (QED) is 0.464. The maximum Gasteiger partial charge on any atom is 0.252 e. The molecule has 0 aliphatic heterocycles. The molecule has 0 aromatic heterocycles. The lowest BCUT2D eigenvalue weighted by atomic mass is 10.0. The van der Waals surface area contributed by atoms with Crippen molar-refractivity contribution in [3.63, 3.8) is 0 Å². The van der Waals surface area contributed by atoms with Crippen molar-refractivity contribution >= 4 is 5.91 Å². The van der Waals surface area contributed by atoms with Crippen LogP contribution >= 0.6 is 0 Å². The van der Waals surface area contributed by atoms with Gasteiger partial charge in [0.15, 0.2) is 0 Å². The lowest BCUT2D eigenvalue weighted by Gasteiger charge is -2.31. The number of carbonyl (C=O) groups is 1. The molecule has 0 aliphatic rings. The molecular formula is C26H30N2O3. The normalized spacial score (nSPS) is 13.1. The second kappa shape index (κ2) is 10.8. The molecule has 3 aromatic carbocycles. The van der Waals surface area contributed by atoms with Crippen molar-refractivity contribution in [3.05, 3.63) is 101 Å². The number of hydrogen-bond donors (Lipinski definition) is 3. The first-order valence-corrected chi connectivity index (χ1v) is 10.6.